The van der Waals surface area contributed by atoms with E-state index in [-0.39, 0.29) is 5.02 Å². The molecule has 1 aliphatic heterocycles. The number of carbonyl (C=O) groups is 2. The van der Waals surface area contributed by atoms with Crippen LogP contribution in [0.3, 0.4) is 0 Å². The van der Waals surface area contributed by atoms with Gasteiger partial charge in [-0.2, -0.15) is 0 Å². The van der Waals surface area contributed by atoms with E-state index >= 15 is 0 Å². The fourth-order valence-electron chi connectivity index (χ4n) is 1.65. The molecule has 3 amide bonds. The first-order chi connectivity index (χ1) is 7.91. The fourth-order valence-corrected chi connectivity index (χ4v) is 2.31. The maximum atomic E-state index is 11.6. The van der Waals surface area contributed by atoms with Gasteiger partial charge in [0, 0.05) is 17.6 Å². The van der Waals surface area contributed by atoms with Gasteiger partial charge in [0.15, 0.2) is 0 Å². The minimum Gasteiger partial charge on any atom is -0.311 e. The van der Waals surface area contributed by atoms with E-state index in [4.69, 9.17) is 34.8 Å². The number of urea groups is 1. The second-order valence-corrected chi connectivity index (χ2v) is 4.82. The average Bonchev–Trinajstić information content (AvgIpc) is 2.48. The van der Waals surface area contributed by atoms with Crippen molar-refractivity contribution in [3.63, 3.8) is 0 Å². The van der Waals surface area contributed by atoms with Gasteiger partial charge < -0.3 is 4.90 Å². The van der Waals surface area contributed by atoms with E-state index in [1.165, 1.54) is 24.1 Å². The van der Waals surface area contributed by atoms with Crippen LogP contribution in [0.4, 0.5) is 4.79 Å². The molecule has 1 saturated heterocycles. The zero-order chi connectivity index (χ0) is 12.7. The van der Waals surface area contributed by atoms with E-state index < -0.39 is 18.0 Å². The standard InChI is InChI=1S/C10H7Cl3N2O2/c1-15-8(9(16)14-10(15)17)4-2-6(12)7(13)3-5(4)11/h2-3,8H,1H3,(H,14,16,17). The predicted molar refractivity (Wildman–Crippen MR) is 65.5 cm³/mol. The van der Waals surface area contributed by atoms with Crippen LogP contribution in [0.2, 0.25) is 15.1 Å². The summed E-state index contributed by atoms with van der Waals surface area (Å²) in [4.78, 5) is 24.2. The number of rotatable bonds is 1. The monoisotopic (exact) mass is 292 g/mol. The summed E-state index contributed by atoms with van der Waals surface area (Å²) in [5.41, 5.74) is 0.451. The number of benzene rings is 1. The summed E-state index contributed by atoms with van der Waals surface area (Å²) >= 11 is 17.7. The van der Waals surface area contributed by atoms with Crippen LogP contribution in [-0.4, -0.2) is 23.9 Å². The van der Waals surface area contributed by atoms with Crippen molar-refractivity contribution in [3.05, 3.63) is 32.8 Å². The Balaban J connectivity index is 2.51. The Kier molecular flexibility index (Phi) is 3.21. The number of carbonyl (C=O) groups excluding carboxylic acids is 2. The van der Waals surface area contributed by atoms with E-state index in [9.17, 15) is 9.59 Å². The third-order valence-electron chi connectivity index (χ3n) is 2.52. The van der Waals surface area contributed by atoms with Crippen LogP contribution >= 0.6 is 34.8 Å². The zero-order valence-corrected chi connectivity index (χ0v) is 10.9. The second kappa shape index (κ2) is 4.37. The Bertz CT molecular complexity index is 519. The lowest BCUT2D eigenvalue weighted by Gasteiger charge is -2.18. The van der Waals surface area contributed by atoms with Crippen molar-refractivity contribution >= 4 is 46.7 Å². The summed E-state index contributed by atoms with van der Waals surface area (Å²) in [7, 11) is 1.50. The molecule has 1 aromatic rings. The van der Waals surface area contributed by atoms with E-state index in [0.717, 1.165) is 0 Å². The van der Waals surface area contributed by atoms with E-state index in [1.54, 1.807) is 0 Å². The highest BCUT2D eigenvalue weighted by atomic mass is 35.5. The molecule has 1 heterocycles. The van der Waals surface area contributed by atoms with Crippen molar-refractivity contribution in [1.82, 2.24) is 10.2 Å². The molecular weight excluding hydrogens is 286 g/mol. The first kappa shape index (κ1) is 12.5. The summed E-state index contributed by atoms with van der Waals surface area (Å²) in [6, 6.07) is 1.70. The molecule has 1 N–H and O–H groups in total. The minimum atomic E-state index is -0.773. The lowest BCUT2D eigenvalue weighted by atomic mass is 10.1. The SMILES string of the molecule is CN1C(=O)NC(=O)C1c1cc(Cl)c(Cl)cc1Cl. The number of imide groups is 1. The van der Waals surface area contributed by atoms with Crippen molar-refractivity contribution < 1.29 is 9.59 Å². The van der Waals surface area contributed by atoms with Crippen molar-refractivity contribution in [2.75, 3.05) is 7.05 Å². The van der Waals surface area contributed by atoms with Crippen molar-refractivity contribution in [3.8, 4) is 0 Å². The second-order valence-electron chi connectivity index (χ2n) is 3.60. The average molecular weight is 294 g/mol. The zero-order valence-electron chi connectivity index (χ0n) is 8.63. The summed E-state index contributed by atoms with van der Waals surface area (Å²) in [5.74, 6) is -0.433. The highest BCUT2D eigenvalue weighted by Gasteiger charge is 2.38. The Morgan fingerprint density at radius 3 is 2.24 bits per heavy atom. The summed E-state index contributed by atoms with van der Waals surface area (Å²) in [6.07, 6.45) is 0. The molecule has 1 unspecified atom stereocenters. The highest BCUT2D eigenvalue weighted by Crippen LogP contribution is 2.35. The van der Waals surface area contributed by atoms with Crippen molar-refractivity contribution in [2.24, 2.45) is 0 Å². The van der Waals surface area contributed by atoms with Gasteiger partial charge in [0.25, 0.3) is 5.91 Å². The van der Waals surface area contributed by atoms with Crippen LogP contribution in [0.25, 0.3) is 0 Å². The smallest absolute Gasteiger partial charge is 0.311 e. The van der Waals surface area contributed by atoms with Crippen molar-refractivity contribution in [1.29, 1.82) is 0 Å². The van der Waals surface area contributed by atoms with E-state index in [0.29, 0.717) is 15.6 Å². The molecule has 7 heteroatoms. The van der Waals surface area contributed by atoms with E-state index in [1.807, 2.05) is 0 Å². The van der Waals surface area contributed by atoms with Gasteiger partial charge in [-0.15, -0.1) is 0 Å². The summed E-state index contributed by atoms with van der Waals surface area (Å²) in [6.45, 7) is 0. The Morgan fingerprint density at radius 1 is 1.12 bits per heavy atom. The number of halogens is 3. The number of hydrogen-bond donors (Lipinski definition) is 1. The van der Waals surface area contributed by atoms with Gasteiger partial charge in [-0.3, -0.25) is 10.1 Å². The summed E-state index contributed by atoms with van der Waals surface area (Å²) in [5, 5.41) is 3.07. The molecule has 0 radical (unpaired) electrons. The quantitative estimate of drug-likeness (QED) is 0.639. The van der Waals surface area contributed by atoms with Gasteiger partial charge in [-0.25, -0.2) is 4.79 Å². The molecule has 0 aliphatic carbocycles. The Hall–Kier alpha value is -0.970. The first-order valence-electron chi connectivity index (χ1n) is 4.64. The molecule has 1 fully saturated rings. The van der Waals surface area contributed by atoms with Crippen LogP contribution in [0, 0.1) is 0 Å². The number of nitrogens with one attached hydrogen (secondary N) is 1. The topological polar surface area (TPSA) is 49.4 Å². The maximum Gasteiger partial charge on any atom is 0.324 e. The normalized spacial score (nSPS) is 19.8. The van der Waals surface area contributed by atoms with Gasteiger partial charge in [0.05, 0.1) is 10.0 Å². The number of likely N-dealkylation sites (N-methyl/N-ethyl adjacent to an activating group) is 1. The molecule has 0 saturated carbocycles. The fraction of sp³-hybridized carbons (Fsp3) is 0.200. The van der Waals surface area contributed by atoms with Gasteiger partial charge in [0.1, 0.15) is 6.04 Å². The van der Waals surface area contributed by atoms with Crippen LogP contribution in [0.5, 0.6) is 0 Å². The van der Waals surface area contributed by atoms with Crippen molar-refractivity contribution in [2.45, 2.75) is 6.04 Å². The molecule has 90 valence electrons. The van der Waals surface area contributed by atoms with Crippen LogP contribution in [0.1, 0.15) is 11.6 Å². The molecule has 1 aliphatic rings. The molecule has 1 atom stereocenters. The minimum absolute atomic E-state index is 0.284. The van der Waals surface area contributed by atoms with Crippen LogP contribution < -0.4 is 5.32 Å². The Morgan fingerprint density at radius 2 is 1.71 bits per heavy atom. The summed E-state index contributed by atoms with van der Waals surface area (Å²) < 4.78 is 0. The number of nitrogens with zero attached hydrogens (tertiary/aromatic N) is 1. The predicted octanol–water partition coefficient (Wildman–Crippen LogP) is 2.87. The molecule has 2 rings (SSSR count). The van der Waals surface area contributed by atoms with E-state index in [2.05, 4.69) is 5.32 Å². The molecule has 1 aromatic carbocycles. The molecule has 0 spiro atoms. The molecular formula is C10H7Cl3N2O2. The van der Waals surface area contributed by atoms with Gasteiger partial charge in [-0.1, -0.05) is 34.8 Å². The highest BCUT2D eigenvalue weighted by molar-refractivity contribution is 6.43. The lowest BCUT2D eigenvalue weighted by Crippen LogP contribution is -2.25. The lowest BCUT2D eigenvalue weighted by molar-refractivity contribution is -0.121. The number of hydrogen-bond acceptors (Lipinski definition) is 2. The first-order valence-corrected chi connectivity index (χ1v) is 5.77. The van der Waals surface area contributed by atoms with Gasteiger partial charge >= 0.3 is 6.03 Å². The van der Waals surface area contributed by atoms with Gasteiger partial charge in [0.2, 0.25) is 0 Å². The molecule has 4 nitrogen and oxygen atoms in total. The molecule has 0 bridgehead atoms. The number of amides is 3. The van der Waals surface area contributed by atoms with Gasteiger partial charge in [-0.05, 0) is 12.1 Å². The maximum absolute atomic E-state index is 11.6. The third-order valence-corrected chi connectivity index (χ3v) is 3.57. The largest absolute Gasteiger partial charge is 0.324 e. The van der Waals surface area contributed by atoms with Crippen LogP contribution in [-0.2, 0) is 4.79 Å². The van der Waals surface area contributed by atoms with Crippen LogP contribution in [0.15, 0.2) is 12.1 Å². The third kappa shape index (κ3) is 2.08. The molecule has 0 aromatic heterocycles. The Labute approximate surface area is 112 Å². The molecule has 17 heavy (non-hydrogen) atoms.